The summed E-state index contributed by atoms with van der Waals surface area (Å²) in [5.74, 6) is 1.29. The summed E-state index contributed by atoms with van der Waals surface area (Å²) in [6.45, 7) is 4.53. The van der Waals surface area contributed by atoms with Crippen LogP contribution in [-0.4, -0.2) is 62.2 Å². The Balaban J connectivity index is 1.18. The Labute approximate surface area is 164 Å². The van der Waals surface area contributed by atoms with Gasteiger partial charge in [-0.3, -0.25) is 4.90 Å². The standard InChI is InChI=1S/C21H25FN2O4/c22-18-3-1-2-4-19(18)24-9-7-23(8-10-24)12-17(25)14-26-13-16-5-6-20-21(11-16)28-15-27-20/h1-6,11,17,25H,7-10,12-15H2/t17-/m0/s1. The van der Waals surface area contributed by atoms with Crippen molar-refractivity contribution in [2.45, 2.75) is 12.7 Å². The molecule has 1 atom stereocenters. The van der Waals surface area contributed by atoms with E-state index in [2.05, 4.69) is 4.90 Å². The number of benzene rings is 2. The third-order valence-electron chi connectivity index (χ3n) is 5.05. The summed E-state index contributed by atoms with van der Waals surface area (Å²) < 4.78 is 30.2. The van der Waals surface area contributed by atoms with E-state index in [1.54, 1.807) is 6.07 Å². The number of anilines is 1. The summed E-state index contributed by atoms with van der Waals surface area (Å²) in [7, 11) is 0. The third-order valence-corrected chi connectivity index (χ3v) is 5.05. The lowest BCUT2D eigenvalue weighted by atomic mass is 10.2. The number of piperazine rings is 1. The van der Waals surface area contributed by atoms with Crippen LogP contribution in [-0.2, 0) is 11.3 Å². The molecule has 0 aromatic heterocycles. The van der Waals surface area contributed by atoms with E-state index in [0.29, 0.717) is 18.8 Å². The second-order valence-corrected chi connectivity index (χ2v) is 7.10. The number of aliphatic hydroxyl groups excluding tert-OH is 1. The van der Waals surface area contributed by atoms with Crippen molar-refractivity contribution < 1.29 is 23.7 Å². The third kappa shape index (κ3) is 4.55. The number of nitrogens with zero attached hydrogens (tertiary/aromatic N) is 2. The molecule has 1 N–H and O–H groups in total. The highest BCUT2D eigenvalue weighted by Crippen LogP contribution is 2.32. The van der Waals surface area contributed by atoms with Crippen molar-refractivity contribution in [1.29, 1.82) is 0 Å². The van der Waals surface area contributed by atoms with E-state index in [9.17, 15) is 9.50 Å². The molecule has 4 rings (SSSR count). The summed E-state index contributed by atoms with van der Waals surface area (Å²) in [4.78, 5) is 4.24. The van der Waals surface area contributed by atoms with Crippen LogP contribution in [0.4, 0.5) is 10.1 Å². The summed E-state index contributed by atoms with van der Waals surface area (Å²) in [5, 5.41) is 10.3. The maximum atomic E-state index is 13.9. The van der Waals surface area contributed by atoms with E-state index in [-0.39, 0.29) is 19.2 Å². The maximum Gasteiger partial charge on any atom is 0.231 e. The van der Waals surface area contributed by atoms with E-state index in [1.165, 1.54) is 6.07 Å². The highest BCUT2D eigenvalue weighted by molar-refractivity contribution is 5.48. The Morgan fingerprint density at radius 3 is 2.64 bits per heavy atom. The molecule has 28 heavy (non-hydrogen) atoms. The quantitative estimate of drug-likeness (QED) is 0.785. The molecule has 0 spiro atoms. The van der Waals surface area contributed by atoms with Gasteiger partial charge in [0.25, 0.3) is 0 Å². The molecule has 2 aromatic rings. The van der Waals surface area contributed by atoms with Crippen molar-refractivity contribution in [1.82, 2.24) is 4.90 Å². The summed E-state index contributed by atoms with van der Waals surface area (Å²) >= 11 is 0. The van der Waals surface area contributed by atoms with Gasteiger partial charge in [0.15, 0.2) is 11.5 Å². The van der Waals surface area contributed by atoms with Gasteiger partial charge < -0.3 is 24.2 Å². The number of halogens is 1. The van der Waals surface area contributed by atoms with Crippen LogP contribution in [0.25, 0.3) is 0 Å². The molecule has 2 heterocycles. The Bertz CT molecular complexity index is 796. The number of hydrogen-bond donors (Lipinski definition) is 1. The molecule has 150 valence electrons. The predicted octanol–water partition coefficient (Wildman–Crippen LogP) is 2.25. The molecule has 7 heteroatoms. The van der Waals surface area contributed by atoms with Gasteiger partial charge in [-0.05, 0) is 29.8 Å². The second-order valence-electron chi connectivity index (χ2n) is 7.10. The van der Waals surface area contributed by atoms with Crippen molar-refractivity contribution >= 4 is 5.69 Å². The second kappa shape index (κ2) is 8.77. The monoisotopic (exact) mass is 388 g/mol. The number of β-amino-alcohol motifs (C(OH)–C–C–N with tert-alkyl or cyclic N) is 1. The number of para-hydroxylation sites is 1. The van der Waals surface area contributed by atoms with Crippen LogP contribution >= 0.6 is 0 Å². The molecule has 1 fully saturated rings. The molecule has 1 saturated heterocycles. The van der Waals surface area contributed by atoms with Gasteiger partial charge in [0.05, 0.1) is 25.0 Å². The summed E-state index contributed by atoms with van der Waals surface area (Å²) in [5.41, 5.74) is 1.63. The number of rotatable bonds is 7. The van der Waals surface area contributed by atoms with Crippen molar-refractivity contribution in [3.63, 3.8) is 0 Å². The Hall–Kier alpha value is -2.35. The molecule has 0 bridgehead atoms. The summed E-state index contributed by atoms with van der Waals surface area (Å²) in [6, 6.07) is 12.6. The smallest absolute Gasteiger partial charge is 0.231 e. The van der Waals surface area contributed by atoms with Gasteiger partial charge in [0.1, 0.15) is 5.82 Å². The minimum atomic E-state index is -0.561. The largest absolute Gasteiger partial charge is 0.454 e. The highest BCUT2D eigenvalue weighted by Gasteiger charge is 2.21. The van der Waals surface area contributed by atoms with Crippen LogP contribution in [0.2, 0.25) is 0 Å². The van der Waals surface area contributed by atoms with Crippen LogP contribution in [0, 0.1) is 5.82 Å². The molecule has 2 aliphatic rings. The molecular formula is C21H25FN2O4. The normalized spacial score (nSPS) is 17.7. The van der Waals surface area contributed by atoms with Gasteiger partial charge in [0, 0.05) is 32.7 Å². The van der Waals surface area contributed by atoms with Gasteiger partial charge in [-0.2, -0.15) is 0 Å². The van der Waals surface area contributed by atoms with Gasteiger partial charge in [-0.15, -0.1) is 0 Å². The SMILES string of the molecule is O[C@H](COCc1ccc2c(c1)OCO2)CN1CCN(c2ccccc2F)CC1. The van der Waals surface area contributed by atoms with E-state index >= 15 is 0 Å². The van der Waals surface area contributed by atoms with Crippen LogP contribution in [0.15, 0.2) is 42.5 Å². The van der Waals surface area contributed by atoms with Crippen molar-refractivity contribution in [3.05, 3.63) is 53.8 Å². The number of fused-ring (bicyclic) bond motifs is 1. The average Bonchev–Trinajstić information content (AvgIpc) is 3.17. The van der Waals surface area contributed by atoms with Crippen LogP contribution in [0.5, 0.6) is 11.5 Å². The summed E-state index contributed by atoms with van der Waals surface area (Å²) in [6.07, 6.45) is -0.561. The van der Waals surface area contributed by atoms with Gasteiger partial charge in [0.2, 0.25) is 6.79 Å². The fraction of sp³-hybridized carbons (Fsp3) is 0.429. The molecular weight excluding hydrogens is 363 g/mol. The first-order valence-corrected chi connectivity index (χ1v) is 9.55. The molecule has 0 aliphatic carbocycles. The predicted molar refractivity (Wildman–Crippen MR) is 103 cm³/mol. The van der Waals surface area contributed by atoms with Gasteiger partial charge >= 0.3 is 0 Å². The lowest BCUT2D eigenvalue weighted by molar-refractivity contribution is 0.00909. The lowest BCUT2D eigenvalue weighted by Gasteiger charge is -2.36. The fourth-order valence-electron chi connectivity index (χ4n) is 3.57. The van der Waals surface area contributed by atoms with Crippen LogP contribution < -0.4 is 14.4 Å². The molecule has 0 unspecified atom stereocenters. The fourth-order valence-corrected chi connectivity index (χ4v) is 3.57. The number of aliphatic hydroxyl groups is 1. The molecule has 0 amide bonds. The minimum Gasteiger partial charge on any atom is -0.454 e. The molecule has 6 nitrogen and oxygen atoms in total. The zero-order valence-corrected chi connectivity index (χ0v) is 15.7. The lowest BCUT2D eigenvalue weighted by Crippen LogP contribution is -2.49. The average molecular weight is 388 g/mol. The van der Waals surface area contributed by atoms with Gasteiger partial charge in [-0.25, -0.2) is 4.39 Å². The Kier molecular flexibility index (Phi) is 5.95. The molecule has 0 radical (unpaired) electrons. The van der Waals surface area contributed by atoms with E-state index in [1.807, 2.05) is 35.2 Å². The number of ether oxygens (including phenoxy) is 3. The first kappa shape index (κ1) is 19.0. The zero-order valence-electron chi connectivity index (χ0n) is 15.7. The molecule has 0 saturated carbocycles. The van der Waals surface area contributed by atoms with Crippen LogP contribution in [0.3, 0.4) is 0 Å². The van der Waals surface area contributed by atoms with Crippen molar-refractivity contribution in [3.8, 4) is 11.5 Å². The van der Waals surface area contributed by atoms with Crippen molar-refractivity contribution in [2.24, 2.45) is 0 Å². The van der Waals surface area contributed by atoms with E-state index in [4.69, 9.17) is 14.2 Å². The first-order valence-electron chi connectivity index (χ1n) is 9.55. The highest BCUT2D eigenvalue weighted by atomic mass is 19.1. The van der Waals surface area contributed by atoms with Crippen molar-refractivity contribution in [2.75, 3.05) is 51.0 Å². The Morgan fingerprint density at radius 1 is 1.04 bits per heavy atom. The van der Waals surface area contributed by atoms with Crippen LogP contribution in [0.1, 0.15) is 5.56 Å². The van der Waals surface area contributed by atoms with E-state index < -0.39 is 6.10 Å². The zero-order chi connectivity index (χ0) is 19.3. The van der Waals surface area contributed by atoms with Gasteiger partial charge in [-0.1, -0.05) is 18.2 Å². The molecule has 2 aliphatic heterocycles. The number of hydrogen-bond acceptors (Lipinski definition) is 6. The maximum absolute atomic E-state index is 13.9. The molecule has 2 aromatic carbocycles. The first-order chi connectivity index (χ1) is 13.7. The topological polar surface area (TPSA) is 54.4 Å². The Morgan fingerprint density at radius 2 is 1.82 bits per heavy atom. The van der Waals surface area contributed by atoms with E-state index in [0.717, 1.165) is 43.2 Å². The minimum absolute atomic E-state index is 0.187.